The molecule has 1 aliphatic heterocycles. The number of esters is 1. The van der Waals surface area contributed by atoms with E-state index in [0.29, 0.717) is 11.3 Å². The van der Waals surface area contributed by atoms with Crippen molar-refractivity contribution in [1.29, 1.82) is 0 Å². The minimum absolute atomic E-state index is 0.0183. The van der Waals surface area contributed by atoms with Crippen LogP contribution in [0, 0.1) is 0 Å². The zero-order valence-electron chi connectivity index (χ0n) is 12.3. The Morgan fingerprint density at radius 3 is 2.74 bits per heavy atom. The van der Waals surface area contributed by atoms with Crippen molar-refractivity contribution in [3.8, 4) is 11.5 Å². The number of hydrogen-bond acceptors (Lipinski definition) is 5. The van der Waals surface area contributed by atoms with Gasteiger partial charge in [-0.3, -0.25) is 4.79 Å². The molecular weight excluding hydrogens is 298 g/mol. The van der Waals surface area contributed by atoms with Gasteiger partial charge in [0.1, 0.15) is 23.7 Å². The van der Waals surface area contributed by atoms with E-state index >= 15 is 0 Å². The summed E-state index contributed by atoms with van der Waals surface area (Å²) >= 11 is 0. The zero-order chi connectivity index (χ0) is 16.2. The van der Waals surface area contributed by atoms with Crippen molar-refractivity contribution in [1.82, 2.24) is 4.90 Å². The number of carbonyl (C=O) groups is 2. The van der Waals surface area contributed by atoms with Gasteiger partial charge in [0.2, 0.25) is 0 Å². The fourth-order valence-corrected chi connectivity index (χ4v) is 2.28. The fourth-order valence-electron chi connectivity index (χ4n) is 2.28. The van der Waals surface area contributed by atoms with Crippen molar-refractivity contribution >= 4 is 11.9 Å². The van der Waals surface area contributed by atoms with Crippen molar-refractivity contribution in [2.24, 2.45) is 0 Å². The molecule has 1 aliphatic rings. The van der Waals surface area contributed by atoms with E-state index < -0.39 is 5.97 Å². The van der Waals surface area contributed by atoms with E-state index in [2.05, 4.69) is 0 Å². The summed E-state index contributed by atoms with van der Waals surface area (Å²) in [5.74, 6) is -0.372. The summed E-state index contributed by atoms with van der Waals surface area (Å²) in [5.41, 5.74) is 0.588. The number of hydrogen-bond donors (Lipinski definition) is 1. The largest absolute Gasteiger partial charge is 0.507 e. The van der Waals surface area contributed by atoms with Gasteiger partial charge in [0.15, 0.2) is 6.73 Å². The molecule has 0 aliphatic carbocycles. The smallest absolute Gasteiger partial charge is 0.341 e. The van der Waals surface area contributed by atoms with Crippen molar-refractivity contribution in [3.05, 3.63) is 59.7 Å². The summed E-state index contributed by atoms with van der Waals surface area (Å²) in [4.78, 5) is 25.6. The highest BCUT2D eigenvalue weighted by molar-refractivity contribution is 5.97. The fraction of sp³-hybridized carbons (Fsp3) is 0.176. The van der Waals surface area contributed by atoms with Gasteiger partial charge in [0.05, 0.1) is 12.1 Å². The van der Waals surface area contributed by atoms with Crippen LogP contribution in [0.5, 0.6) is 11.5 Å². The summed E-state index contributed by atoms with van der Waals surface area (Å²) in [6.07, 6.45) is 0. The Hall–Kier alpha value is -3.02. The first-order valence-electron chi connectivity index (χ1n) is 7.13. The Kier molecular flexibility index (Phi) is 4.14. The molecule has 0 unspecified atom stereocenters. The number of phenols is 1. The highest BCUT2D eigenvalue weighted by Crippen LogP contribution is 2.24. The van der Waals surface area contributed by atoms with Crippen LogP contribution in [0.15, 0.2) is 48.5 Å². The molecule has 0 saturated carbocycles. The van der Waals surface area contributed by atoms with Crippen molar-refractivity contribution < 1.29 is 24.2 Å². The number of phenolic OH excluding ortho intramolecular Hbond substituents is 1. The van der Waals surface area contributed by atoms with Gasteiger partial charge in [0, 0.05) is 0 Å². The maximum Gasteiger partial charge on any atom is 0.341 e. The second-order valence-corrected chi connectivity index (χ2v) is 4.99. The Balaban J connectivity index is 1.57. The van der Waals surface area contributed by atoms with Crippen LogP contribution in [0.4, 0.5) is 0 Å². The Bertz CT molecular complexity index is 743. The van der Waals surface area contributed by atoms with Gasteiger partial charge >= 0.3 is 5.97 Å². The summed E-state index contributed by atoms with van der Waals surface area (Å²) in [5, 5.41) is 9.59. The number of carbonyl (C=O) groups excluding carboxylic acids is 2. The van der Waals surface area contributed by atoms with E-state index in [4.69, 9.17) is 9.47 Å². The maximum absolute atomic E-state index is 12.3. The van der Waals surface area contributed by atoms with E-state index in [1.165, 1.54) is 17.0 Å². The molecule has 1 N–H and O–H groups in total. The van der Waals surface area contributed by atoms with Gasteiger partial charge in [-0.25, -0.2) is 4.79 Å². The average molecular weight is 313 g/mol. The lowest BCUT2D eigenvalue weighted by Gasteiger charge is -2.28. The molecule has 23 heavy (non-hydrogen) atoms. The van der Waals surface area contributed by atoms with Gasteiger partial charge < -0.3 is 19.5 Å². The molecule has 0 radical (unpaired) electrons. The average Bonchev–Trinajstić information content (AvgIpc) is 2.57. The summed E-state index contributed by atoms with van der Waals surface area (Å²) in [6, 6.07) is 13.1. The van der Waals surface area contributed by atoms with E-state index in [1.54, 1.807) is 36.4 Å². The molecule has 2 aromatic rings. The quantitative estimate of drug-likeness (QED) is 0.874. The number of nitrogens with zero attached hydrogens (tertiary/aromatic N) is 1. The lowest BCUT2D eigenvalue weighted by Crippen LogP contribution is -2.40. The van der Waals surface area contributed by atoms with Crippen LogP contribution in [-0.4, -0.2) is 41.8 Å². The van der Waals surface area contributed by atoms with Crippen LogP contribution < -0.4 is 4.74 Å². The molecular formula is C17H15NO5. The Morgan fingerprint density at radius 1 is 1.17 bits per heavy atom. The molecule has 6 heteroatoms. The Labute approximate surface area is 132 Å². The number of fused-ring (bicyclic) bond motifs is 1. The topological polar surface area (TPSA) is 76.1 Å². The van der Waals surface area contributed by atoms with Crippen LogP contribution >= 0.6 is 0 Å². The highest BCUT2D eigenvalue weighted by atomic mass is 16.5. The third kappa shape index (κ3) is 3.11. The van der Waals surface area contributed by atoms with Crippen LogP contribution in [0.3, 0.4) is 0 Å². The van der Waals surface area contributed by atoms with Crippen molar-refractivity contribution in [2.45, 2.75) is 0 Å². The van der Waals surface area contributed by atoms with Gasteiger partial charge in [-0.05, 0) is 24.3 Å². The van der Waals surface area contributed by atoms with E-state index in [0.717, 1.165) is 0 Å². The molecule has 118 valence electrons. The van der Waals surface area contributed by atoms with Gasteiger partial charge in [-0.1, -0.05) is 24.3 Å². The molecule has 0 bridgehead atoms. The molecule has 0 atom stereocenters. The molecule has 2 aromatic carbocycles. The molecule has 0 aromatic heterocycles. The molecule has 0 spiro atoms. The SMILES string of the molecule is O=C(OCCN1COc2ccccc2C1=O)c1ccccc1O. The third-order valence-electron chi connectivity index (χ3n) is 3.50. The standard InChI is InChI=1S/C17H15NO5/c19-14-7-3-1-5-12(14)17(21)22-10-9-18-11-23-15-8-4-2-6-13(15)16(18)20/h1-8,19H,9-11H2. The number of ether oxygens (including phenoxy) is 2. The summed E-state index contributed by atoms with van der Waals surface area (Å²) < 4.78 is 10.6. The third-order valence-corrected chi connectivity index (χ3v) is 3.50. The first-order valence-corrected chi connectivity index (χ1v) is 7.13. The van der Waals surface area contributed by atoms with Crippen molar-refractivity contribution in [3.63, 3.8) is 0 Å². The van der Waals surface area contributed by atoms with Gasteiger partial charge in [-0.2, -0.15) is 0 Å². The van der Waals surface area contributed by atoms with Crippen molar-refractivity contribution in [2.75, 3.05) is 19.9 Å². The monoisotopic (exact) mass is 313 g/mol. The molecule has 1 heterocycles. The van der Waals surface area contributed by atoms with E-state index in [-0.39, 0.29) is 37.1 Å². The lowest BCUT2D eigenvalue weighted by molar-refractivity contribution is 0.0314. The molecule has 6 nitrogen and oxygen atoms in total. The predicted molar refractivity (Wildman–Crippen MR) is 81.4 cm³/mol. The summed E-state index contributed by atoms with van der Waals surface area (Å²) in [6.45, 7) is 0.348. The highest BCUT2D eigenvalue weighted by Gasteiger charge is 2.25. The first-order chi connectivity index (χ1) is 11.2. The molecule has 3 rings (SSSR count). The molecule has 0 fully saturated rings. The second kappa shape index (κ2) is 6.39. The van der Waals surface area contributed by atoms with E-state index in [9.17, 15) is 14.7 Å². The number of benzene rings is 2. The zero-order valence-corrected chi connectivity index (χ0v) is 12.3. The number of aromatic hydroxyl groups is 1. The normalized spacial score (nSPS) is 13.2. The van der Waals surface area contributed by atoms with Gasteiger partial charge in [-0.15, -0.1) is 0 Å². The lowest BCUT2D eigenvalue weighted by atomic mass is 10.1. The van der Waals surface area contributed by atoms with Crippen LogP contribution in [0.1, 0.15) is 20.7 Å². The summed E-state index contributed by atoms with van der Waals surface area (Å²) in [7, 11) is 0. The number of rotatable bonds is 4. The number of para-hydroxylation sites is 2. The first kappa shape index (κ1) is 14.9. The molecule has 0 saturated heterocycles. The predicted octanol–water partition coefficient (Wildman–Crippen LogP) is 2.04. The molecule has 1 amide bonds. The van der Waals surface area contributed by atoms with E-state index in [1.807, 2.05) is 0 Å². The number of amides is 1. The minimum atomic E-state index is -0.631. The van der Waals surface area contributed by atoms with Crippen LogP contribution in [-0.2, 0) is 4.74 Å². The van der Waals surface area contributed by atoms with Crippen LogP contribution in [0.25, 0.3) is 0 Å². The Morgan fingerprint density at radius 2 is 1.91 bits per heavy atom. The second-order valence-electron chi connectivity index (χ2n) is 4.99. The van der Waals surface area contributed by atoms with Crippen LogP contribution in [0.2, 0.25) is 0 Å². The van der Waals surface area contributed by atoms with Gasteiger partial charge in [0.25, 0.3) is 5.91 Å². The minimum Gasteiger partial charge on any atom is -0.507 e. The maximum atomic E-state index is 12.3.